The standard InChI is InChI=1S/C13H21F3N2O3Si/c1-20-12(19)10-8-18(9-21-5-6-22(2,3)4)17-11(10)7-13(14,15)16/h8H,5-7,9H2,1-4H3. The fourth-order valence-corrected chi connectivity index (χ4v) is 2.42. The predicted octanol–water partition coefficient (Wildman–Crippen LogP) is 3.09. The Balaban J connectivity index is 2.74. The Morgan fingerprint density at radius 2 is 2.00 bits per heavy atom. The fraction of sp³-hybridized carbons (Fsp3) is 0.692. The minimum Gasteiger partial charge on any atom is -0.465 e. The van der Waals surface area contributed by atoms with Crippen molar-refractivity contribution in [1.82, 2.24) is 9.78 Å². The van der Waals surface area contributed by atoms with E-state index in [1.807, 2.05) is 0 Å². The van der Waals surface area contributed by atoms with Gasteiger partial charge < -0.3 is 9.47 Å². The highest BCUT2D eigenvalue weighted by Crippen LogP contribution is 2.23. The minimum absolute atomic E-state index is 0.00628. The van der Waals surface area contributed by atoms with Crippen LogP contribution in [0.3, 0.4) is 0 Å². The number of alkyl halides is 3. The molecule has 0 N–H and O–H groups in total. The Bertz CT molecular complexity index is 510. The van der Waals surface area contributed by atoms with Crippen LogP contribution in [0.2, 0.25) is 25.7 Å². The lowest BCUT2D eigenvalue weighted by Crippen LogP contribution is -2.22. The van der Waals surface area contributed by atoms with Gasteiger partial charge in [-0.1, -0.05) is 19.6 Å². The zero-order valence-corrected chi connectivity index (χ0v) is 14.2. The van der Waals surface area contributed by atoms with Gasteiger partial charge in [-0.05, 0) is 6.04 Å². The van der Waals surface area contributed by atoms with Crippen molar-refractivity contribution < 1.29 is 27.4 Å². The first-order valence-corrected chi connectivity index (χ1v) is 10.5. The third kappa shape index (κ3) is 6.61. The molecule has 0 aliphatic carbocycles. The van der Waals surface area contributed by atoms with Crippen LogP contribution >= 0.6 is 0 Å². The van der Waals surface area contributed by atoms with Gasteiger partial charge in [0.15, 0.2) is 0 Å². The summed E-state index contributed by atoms with van der Waals surface area (Å²) in [7, 11) is -0.121. The largest absolute Gasteiger partial charge is 0.465 e. The topological polar surface area (TPSA) is 53.4 Å². The summed E-state index contributed by atoms with van der Waals surface area (Å²) in [6, 6.07) is 0.938. The zero-order valence-electron chi connectivity index (χ0n) is 13.2. The van der Waals surface area contributed by atoms with Crippen molar-refractivity contribution in [2.24, 2.45) is 0 Å². The molecular formula is C13H21F3N2O3Si. The van der Waals surface area contributed by atoms with Crippen molar-refractivity contribution in [2.75, 3.05) is 13.7 Å². The monoisotopic (exact) mass is 338 g/mol. The molecule has 0 bridgehead atoms. The summed E-state index contributed by atoms with van der Waals surface area (Å²) in [5.74, 6) is -0.840. The molecule has 0 atom stereocenters. The number of nitrogens with zero attached hydrogens (tertiary/aromatic N) is 2. The number of hydrogen-bond donors (Lipinski definition) is 0. The molecule has 126 valence electrons. The number of rotatable bonds is 7. The second-order valence-electron chi connectivity index (χ2n) is 6.16. The lowest BCUT2D eigenvalue weighted by Gasteiger charge is -2.15. The maximum absolute atomic E-state index is 12.5. The smallest absolute Gasteiger partial charge is 0.394 e. The number of carbonyl (C=O) groups is 1. The van der Waals surface area contributed by atoms with E-state index < -0.39 is 26.6 Å². The molecule has 0 spiro atoms. The van der Waals surface area contributed by atoms with E-state index in [4.69, 9.17) is 4.74 Å². The van der Waals surface area contributed by atoms with Crippen LogP contribution in [0.5, 0.6) is 0 Å². The van der Waals surface area contributed by atoms with E-state index in [9.17, 15) is 18.0 Å². The normalized spacial score (nSPS) is 12.5. The van der Waals surface area contributed by atoms with Crippen molar-refractivity contribution >= 4 is 14.0 Å². The van der Waals surface area contributed by atoms with Gasteiger partial charge in [-0.2, -0.15) is 18.3 Å². The summed E-state index contributed by atoms with van der Waals surface area (Å²) in [6.45, 7) is 7.10. The Hall–Kier alpha value is -1.35. The predicted molar refractivity (Wildman–Crippen MR) is 77.4 cm³/mol. The SMILES string of the molecule is COC(=O)c1cn(COCC[Si](C)(C)C)nc1CC(F)(F)F. The lowest BCUT2D eigenvalue weighted by molar-refractivity contribution is -0.128. The molecule has 1 heterocycles. The van der Waals surface area contributed by atoms with Crippen LogP contribution < -0.4 is 0 Å². The quantitative estimate of drug-likeness (QED) is 0.435. The van der Waals surface area contributed by atoms with Gasteiger partial charge in [0.2, 0.25) is 0 Å². The van der Waals surface area contributed by atoms with E-state index in [2.05, 4.69) is 29.5 Å². The molecule has 0 radical (unpaired) electrons. The number of esters is 1. The zero-order chi connectivity index (χ0) is 17.0. The van der Waals surface area contributed by atoms with Gasteiger partial charge in [-0.15, -0.1) is 0 Å². The summed E-state index contributed by atoms with van der Waals surface area (Å²) in [5.41, 5.74) is -0.540. The highest BCUT2D eigenvalue weighted by Gasteiger charge is 2.32. The molecule has 1 aromatic heterocycles. The Labute approximate surface area is 128 Å². The second-order valence-corrected chi connectivity index (χ2v) is 11.8. The Kier molecular flexibility index (Phi) is 6.18. The number of hydrogen-bond acceptors (Lipinski definition) is 4. The molecule has 22 heavy (non-hydrogen) atoms. The van der Waals surface area contributed by atoms with Crippen LogP contribution in [0.25, 0.3) is 0 Å². The third-order valence-corrected chi connectivity index (χ3v) is 4.54. The van der Waals surface area contributed by atoms with E-state index in [1.165, 1.54) is 10.9 Å². The van der Waals surface area contributed by atoms with Crippen LogP contribution in [0, 0.1) is 0 Å². The highest BCUT2D eigenvalue weighted by atomic mass is 28.3. The number of methoxy groups -OCH3 is 1. The third-order valence-electron chi connectivity index (χ3n) is 2.83. The molecule has 1 aromatic rings. The molecule has 0 amide bonds. The molecule has 0 unspecified atom stereocenters. The van der Waals surface area contributed by atoms with Crippen molar-refractivity contribution in [3.05, 3.63) is 17.5 Å². The first-order valence-electron chi connectivity index (χ1n) is 6.81. The fourth-order valence-electron chi connectivity index (χ4n) is 1.66. The van der Waals surface area contributed by atoms with E-state index in [1.54, 1.807) is 0 Å². The molecular weight excluding hydrogens is 317 g/mol. The first-order chi connectivity index (χ1) is 10.0. The number of ether oxygens (including phenoxy) is 2. The number of halogens is 3. The maximum atomic E-state index is 12.5. The molecule has 1 rings (SSSR count). The summed E-state index contributed by atoms with van der Waals surface area (Å²) in [5, 5.41) is 3.78. The Morgan fingerprint density at radius 3 is 2.50 bits per heavy atom. The van der Waals surface area contributed by atoms with Gasteiger partial charge in [0, 0.05) is 20.9 Å². The maximum Gasteiger partial charge on any atom is 0.394 e. The number of aromatic nitrogens is 2. The van der Waals surface area contributed by atoms with E-state index in [0.717, 1.165) is 13.2 Å². The summed E-state index contributed by atoms with van der Waals surface area (Å²) in [6.07, 6.45) is -4.50. The minimum atomic E-state index is -4.44. The van der Waals surface area contributed by atoms with Crippen LogP contribution in [0.1, 0.15) is 16.1 Å². The van der Waals surface area contributed by atoms with Gasteiger partial charge in [0.1, 0.15) is 12.3 Å². The lowest BCUT2D eigenvalue weighted by atomic mass is 10.2. The van der Waals surface area contributed by atoms with Crippen LogP contribution in [-0.2, 0) is 22.6 Å². The average Bonchev–Trinajstić information content (AvgIpc) is 2.73. The van der Waals surface area contributed by atoms with E-state index in [-0.39, 0.29) is 18.0 Å². The van der Waals surface area contributed by atoms with Gasteiger partial charge in [-0.3, -0.25) is 0 Å². The van der Waals surface area contributed by atoms with Crippen molar-refractivity contribution in [1.29, 1.82) is 0 Å². The average molecular weight is 338 g/mol. The summed E-state index contributed by atoms with van der Waals surface area (Å²) in [4.78, 5) is 11.5. The second kappa shape index (κ2) is 7.27. The van der Waals surface area contributed by atoms with Gasteiger partial charge in [0.05, 0.1) is 19.2 Å². The van der Waals surface area contributed by atoms with Crippen LogP contribution in [0.4, 0.5) is 13.2 Å². The van der Waals surface area contributed by atoms with Crippen molar-refractivity contribution in [3.8, 4) is 0 Å². The molecule has 0 aliphatic rings. The van der Waals surface area contributed by atoms with Gasteiger partial charge >= 0.3 is 12.1 Å². The Morgan fingerprint density at radius 1 is 1.36 bits per heavy atom. The number of carbonyl (C=O) groups excluding carboxylic acids is 1. The van der Waals surface area contributed by atoms with Crippen LogP contribution in [0.15, 0.2) is 6.20 Å². The molecule has 0 aliphatic heterocycles. The molecule has 5 nitrogen and oxygen atoms in total. The van der Waals surface area contributed by atoms with E-state index in [0.29, 0.717) is 6.61 Å². The van der Waals surface area contributed by atoms with Gasteiger partial charge in [0.25, 0.3) is 0 Å². The van der Waals surface area contributed by atoms with Gasteiger partial charge in [-0.25, -0.2) is 9.48 Å². The highest BCUT2D eigenvalue weighted by molar-refractivity contribution is 6.76. The van der Waals surface area contributed by atoms with Crippen LogP contribution in [-0.4, -0.2) is 43.7 Å². The first kappa shape index (κ1) is 18.7. The summed E-state index contributed by atoms with van der Waals surface area (Å²) < 4.78 is 48.6. The van der Waals surface area contributed by atoms with Crippen molar-refractivity contribution in [2.45, 2.75) is 45.0 Å². The summed E-state index contributed by atoms with van der Waals surface area (Å²) >= 11 is 0. The molecule has 0 fully saturated rings. The molecule has 0 aromatic carbocycles. The molecule has 0 saturated carbocycles. The molecule has 9 heteroatoms. The van der Waals surface area contributed by atoms with E-state index >= 15 is 0 Å². The van der Waals surface area contributed by atoms with Crippen molar-refractivity contribution in [3.63, 3.8) is 0 Å². The molecule has 0 saturated heterocycles.